The minimum absolute atomic E-state index is 0.121. The fourth-order valence-electron chi connectivity index (χ4n) is 1.47. The minimum atomic E-state index is -0.239. The maximum atomic E-state index is 11.2. The van der Waals surface area contributed by atoms with Gasteiger partial charge in [0, 0.05) is 0 Å². The third-order valence-corrected chi connectivity index (χ3v) is 2.50. The molecule has 1 unspecified atom stereocenters. The molecule has 1 atom stereocenters. The number of esters is 1. The summed E-state index contributed by atoms with van der Waals surface area (Å²) in [5, 5.41) is 0. The van der Waals surface area contributed by atoms with Gasteiger partial charge in [-0.3, -0.25) is 4.79 Å². The molecule has 1 heterocycles. The monoisotopic (exact) mass is 198 g/mol. The van der Waals surface area contributed by atoms with E-state index in [1.54, 1.807) is 6.92 Å². The molecule has 0 saturated heterocycles. The van der Waals surface area contributed by atoms with Crippen LogP contribution in [0.2, 0.25) is 0 Å². The summed E-state index contributed by atoms with van der Waals surface area (Å²) in [7, 11) is 0. The Balaban J connectivity index is 2.47. The van der Waals surface area contributed by atoms with Gasteiger partial charge in [-0.05, 0) is 33.3 Å². The third-order valence-electron chi connectivity index (χ3n) is 2.50. The van der Waals surface area contributed by atoms with Crippen LogP contribution in [0.1, 0.15) is 34.1 Å². The van der Waals surface area contributed by atoms with Crippen LogP contribution in [0.4, 0.5) is 0 Å². The molecule has 0 saturated carbocycles. The Kier molecular flexibility index (Phi) is 3.32. The first-order chi connectivity index (χ1) is 6.45. The van der Waals surface area contributed by atoms with E-state index in [0.717, 1.165) is 0 Å². The van der Waals surface area contributed by atoms with E-state index in [0.29, 0.717) is 13.0 Å². The van der Waals surface area contributed by atoms with E-state index >= 15 is 0 Å². The zero-order chi connectivity index (χ0) is 10.8. The van der Waals surface area contributed by atoms with Crippen LogP contribution in [0.3, 0.4) is 0 Å². The van der Waals surface area contributed by atoms with E-state index in [1.165, 1.54) is 5.57 Å². The zero-order valence-corrected chi connectivity index (χ0v) is 9.29. The largest absolute Gasteiger partial charge is 0.466 e. The minimum Gasteiger partial charge on any atom is -0.466 e. The van der Waals surface area contributed by atoms with Crippen molar-refractivity contribution in [3.63, 3.8) is 0 Å². The van der Waals surface area contributed by atoms with Gasteiger partial charge in [-0.25, -0.2) is 0 Å². The van der Waals surface area contributed by atoms with Crippen LogP contribution >= 0.6 is 0 Å². The highest BCUT2D eigenvalue weighted by molar-refractivity contribution is 5.70. The van der Waals surface area contributed by atoms with E-state index in [2.05, 4.69) is 0 Å². The van der Waals surface area contributed by atoms with Gasteiger partial charge < -0.3 is 9.47 Å². The van der Waals surface area contributed by atoms with Crippen LogP contribution in [0.15, 0.2) is 11.6 Å². The number of hydrogen-bond donors (Lipinski definition) is 0. The summed E-state index contributed by atoms with van der Waals surface area (Å²) in [6, 6.07) is 0. The molecule has 0 radical (unpaired) electrons. The van der Waals surface area contributed by atoms with Crippen LogP contribution in [-0.4, -0.2) is 24.3 Å². The quantitative estimate of drug-likeness (QED) is 0.514. The van der Waals surface area contributed by atoms with Crippen molar-refractivity contribution in [2.24, 2.45) is 0 Å². The van der Waals surface area contributed by atoms with Gasteiger partial charge in [0.2, 0.25) is 0 Å². The maximum absolute atomic E-state index is 11.2. The maximum Gasteiger partial charge on any atom is 0.308 e. The van der Waals surface area contributed by atoms with Gasteiger partial charge in [-0.15, -0.1) is 0 Å². The average molecular weight is 198 g/mol. The van der Waals surface area contributed by atoms with Crippen LogP contribution in [0.25, 0.3) is 0 Å². The van der Waals surface area contributed by atoms with Crippen LogP contribution < -0.4 is 0 Å². The van der Waals surface area contributed by atoms with Crippen molar-refractivity contribution in [1.82, 2.24) is 0 Å². The van der Waals surface area contributed by atoms with Gasteiger partial charge in [-0.1, -0.05) is 6.08 Å². The molecule has 0 aromatic heterocycles. The number of hydrogen-bond acceptors (Lipinski definition) is 3. The highest BCUT2D eigenvalue weighted by atomic mass is 16.5. The Morgan fingerprint density at radius 2 is 2.29 bits per heavy atom. The molecule has 0 amide bonds. The predicted molar refractivity (Wildman–Crippen MR) is 54.0 cm³/mol. The summed E-state index contributed by atoms with van der Waals surface area (Å²) in [5.74, 6) is -0.195. The van der Waals surface area contributed by atoms with Gasteiger partial charge in [-0.2, -0.15) is 0 Å². The topological polar surface area (TPSA) is 35.5 Å². The van der Waals surface area contributed by atoms with Gasteiger partial charge >= 0.3 is 5.97 Å². The highest BCUT2D eigenvalue weighted by Gasteiger charge is 2.32. The van der Waals surface area contributed by atoms with Gasteiger partial charge in [0.1, 0.15) is 0 Å². The van der Waals surface area contributed by atoms with Gasteiger partial charge in [0.25, 0.3) is 0 Å². The molecule has 0 N–H and O–H groups in total. The molecule has 0 fully saturated rings. The Hall–Kier alpha value is -0.830. The summed E-state index contributed by atoms with van der Waals surface area (Å²) in [6.45, 7) is 8.26. The number of ether oxygens (including phenoxy) is 2. The van der Waals surface area contributed by atoms with E-state index in [4.69, 9.17) is 9.47 Å². The summed E-state index contributed by atoms with van der Waals surface area (Å²) < 4.78 is 10.5. The first kappa shape index (κ1) is 11.2. The highest BCUT2D eigenvalue weighted by Crippen LogP contribution is 2.30. The summed E-state index contributed by atoms with van der Waals surface area (Å²) in [6.07, 6.45) is 2.19. The Morgan fingerprint density at radius 3 is 2.71 bits per heavy atom. The average Bonchev–Trinajstić information content (AvgIpc) is 2.25. The lowest BCUT2D eigenvalue weighted by Crippen LogP contribution is -2.25. The van der Waals surface area contributed by atoms with Crippen molar-refractivity contribution in [3.05, 3.63) is 11.6 Å². The van der Waals surface area contributed by atoms with E-state index in [9.17, 15) is 4.79 Å². The SMILES string of the molecule is CCOC(=O)CC1C=C(C)C(C)(C)O1. The lowest BCUT2D eigenvalue weighted by molar-refractivity contribution is -0.146. The zero-order valence-electron chi connectivity index (χ0n) is 9.29. The Labute approximate surface area is 85.1 Å². The second-order valence-electron chi connectivity index (χ2n) is 4.03. The molecular weight excluding hydrogens is 180 g/mol. The van der Waals surface area contributed by atoms with Crippen molar-refractivity contribution in [2.45, 2.75) is 45.8 Å². The van der Waals surface area contributed by atoms with Crippen molar-refractivity contribution >= 4 is 5.97 Å². The Morgan fingerprint density at radius 1 is 1.64 bits per heavy atom. The van der Waals surface area contributed by atoms with Crippen LogP contribution in [0.5, 0.6) is 0 Å². The second-order valence-corrected chi connectivity index (χ2v) is 4.03. The first-order valence-electron chi connectivity index (χ1n) is 4.98. The third kappa shape index (κ3) is 2.58. The molecule has 80 valence electrons. The van der Waals surface area contributed by atoms with Gasteiger partial charge in [0.05, 0.1) is 24.7 Å². The van der Waals surface area contributed by atoms with Crippen molar-refractivity contribution < 1.29 is 14.3 Å². The molecule has 0 aliphatic carbocycles. The number of carbonyl (C=O) groups is 1. The van der Waals surface area contributed by atoms with Crippen molar-refractivity contribution in [1.29, 1.82) is 0 Å². The molecule has 0 aromatic carbocycles. The number of carbonyl (C=O) groups excluding carboxylic acids is 1. The summed E-state index contributed by atoms with van der Waals surface area (Å²) in [5.41, 5.74) is 0.934. The van der Waals surface area contributed by atoms with E-state index < -0.39 is 0 Å². The molecule has 14 heavy (non-hydrogen) atoms. The van der Waals surface area contributed by atoms with Crippen LogP contribution in [-0.2, 0) is 14.3 Å². The lowest BCUT2D eigenvalue weighted by Gasteiger charge is -2.21. The second kappa shape index (κ2) is 4.13. The fraction of sp³-hybridized carbons (Fsp3) is 0.727. The smallest absolute Gasteiger partial charge is 0.308 e. The molecule has 1 aliphatic rings. The molecule has 3 heteroatoms. The molecule has 0 aromatic rings. The van der Waals surface area contributed by atoms with Gasteiger partial charge in [0.15, 0.2) is 0 Å². The molecule has 1 rings (SSSR count). The normalized spacial score (nSPS) is 24.6. The van der Waals surface area contributed by atoms with E-state index in [1.807, 2.05) is 26.8 Å². The first-order valence-corrected chi connectivity index (χ1v) is 4.98. The molecule has 0 spiro atoms. The summed E-state index contributed by atoms with van der Waals surface area (Å²) >= 11 is 0. The lowest BCUT2D eigenvalue weighted by atomic mass is 10.0. The van der Waals surface area contributed by atoms with Crippen molar-refractivity contribution in [3.8, 4) is 0 Å². The molecule has 1 aliphatic heterocycles. The van der Waals surface area contributed by atoms with E-state index in [-0.39, 0.29) is 17.7 Å². The van der Waals surface area contributed by atoms with Crippen molar-refractivity contribution in [2.75, 3.05) is 6.61 Å². The summed E-state index contributed by atoms with van der Waals surface area (Å²) in [4.78, 5) is 11.2. The number of rotatable bonds is 3. The molecule has 0 bridgehead atoms. The molecule has 3 nitrogen and oxygen atoms in total. The molecular formula is C11H18O3. The Bertz CT molecular complexity index is 253. The fourth-order valence-corrected chi connectivity index (χ4v) is 1.47. The standard InChI is InChI=1S/C11H18O3/c1-5-13-10(12)7-9-6-8(2)11(3,4)14-9/h6,9H,5,7H2,1-4H3. The van der Waals surface area contributed by atoms with Crippen LogP contribution in [0, 0.1) is 0 Å². The predicted octanol–water partition coefficient (Wildman–Crippen LogP) is 2.06.